The maximum absolute atomic E-state index is 12.7. The summed E-state index contributed by atoms with van der Waals surface area (Å²) in [7, 11) is -3.76. The van der Waals surface area contributed by atoms with Gasteiger partial charge in [-0.05, 0) is 42.8 Å². The van der Waals surface area contributed by atoms with Gasteiger partial charge in [0.2, 0.25) is 10.0 Å². The number of sulfonamides is 1. The van der Waals surface area contributed by atoms with Crippen LogP contribution in [0.2, 0.25) is 0 Å². The molecule has 1 aliphatic heterocycles. The van der Waals surface area contributed by atoms with Gasteiger partial charge >= 0.3 is 5.97 Å². The molecule has 118 valence electrons. The summed E-state index contributed by atoms with van der Waals surface area (Å²) in [5.74, 6) is -1.14. The number of hydrogen-bond acceptors (Lipinski definition) is 5. The Morgan fingerprint density at radius 2 is 2.19 bits per heavy atom. The van der Waals surface area contributed by atoms with Crippen LogP contribution in [0.25, 0.3) is 0 Å². The first-order chi connectivity index (χ1) is 9.53. The minimum Gasteiger partial charge on any atom is -0.477 e. The number of carbonyl (C=O) groups is 1. The summed E-state index contributed by atoms with van der Waals surface area (Å²) >= 11 is 4.04. The zero-order chi connectivity index (χ0) is 16.0. The smallest absolute Gasteiger partial charge is 0.345 e. The number of thiophene rings is 1. The largest absolute Gasteiger partial charge is 0.477 e. The van der Waals surface area contributed by atoms with Crippen molar-refractivity contribution in [2.45, 2.75) is 37.4 Å². The van der Waals surface area contributed by atoms with E-state index in [1.54, 1.807) is 0 Å². The third kappa shape index (κ3) is 3.48. The van der Waals surface area contributed by atoms with Gasteiger partial charge in [0, 0.05) is 13.1 Å². The van der Waals surface area contributed by atoms with Crippen molar-refractivity contribution in [2.75, 3.05) is 13.1 Å². The van der Waals surface area contributed by atoms with Gasteiger partial charge in [0.15, 0.2) is 0 Å². The molecule has 1 unspecified atom stereocenters. The lowest BCUT2D eigenvalue weighted by molar-refractivity contribution is -0.109. The molecule has 1 atom stereocenters. The van der Waals surface area contributed by atoms with Crippen LogP contribution in [0.3, 0.4) is 0 Å². The number of nitrogens with zero attached hydrogens (tertiary/aromatic N) is 1. The average molecular weight is 398 g/mol. The third-order valence-corrected chi connectivity index (χ3v) is 7.07. The zero-order valence-corrected chi connectivity index (χ0v) is 15.0. The molecule has 0 amide bonds. The number of carboxylic acids is 1. The van der Waals surface area contributed by atoms with Gasteiger partial charge in [-0.15, -0.1) is 11.3 Å². The predicted molar refractivity (Wildman–Crippen MR) is 82.4 cm³/mol. The van der Waals surface area contributed by atoms with E-state index in [4.69, 9.17) is 9.84 Å². The first-order valence-electron chi connectivity index (χ1n) is 6.23. The van der Waals surface area contributed by atoms with Gasteiger partial charge < -0.3 is 9.84 Å². The minimum atomic E-state index is -3.76. The molecule has 1 fully saturated rings. The summed E-state index contributed by atoms with van der Waals surface area (Å²) in [4.78, 5) is 11.0. The normalized spacial score (nSPS) is 23.1. The van der Waals surface area contributed by atoms with Crippen molar-refractivity contribution >= 4 is 43.3 Å². The predicted octanol–water partition coefficient (Wildman–Crippen LogP) is 2.40. The second kappa shape index (κ2) is 5.62. The highest BCUT2D eigenvalue weighted by Crippen LogP contribution is 2.35. The van der Waals surface area contributed by atoms with E-state index in [9.17, 15) is 13.2 Å². The Kier molecular flexibility index (Phi) is 4.52. The number of morpholine rings is 1. The van der Waals surface area contributed by atoms with Gasteiger partial charge in [-0.3, -0.25) is 0 Å². The fourth-order valence-corrected chi connectivity index (χ4v) is 6.37. The quantitative estimate of drug-likeness (QED) is 0.846. The molecule has 2 heterocycles. The zero-order valence-electron chi connectivity index (χ0n) is 11.8. The molecule has 21 heavy (non-hydrogen) atoms. The Hall–Kier alpha value is -0.480. The number of halogens is 1. The Balaban J connectivity index is 2.40. The van der Waals surface area contributed by atoms with Crippen molar-refractivity contribution in [2.24, 2.45) is 0 Å². The van der Waals surface area contributed by atoms with E-state index in [0.29, 0.717) is 3.79 Å². The summed E-state index contributed by atoms with van der Waals surface area (Å²) in [6.07, 6.45) is -0.222. The topological polar surface area (TPSA) is 83.9 Å². The summed E-state index contributed by atoms with van der Waals surface area (Å²) in [6, 6.07) is 1.19. The molecular weight excluding hydrogens is 382 g/mol. The van der Waals surface area contributed by atoms with Crippen LogP contribution in [0.1, 0.15) is 30.4 Å². The molecule has 0 saturated carbocycles. The van der Waals surface area contributed by atoms with E-state index in [1.165, 1.54) is 10.4 Å². The van der Waals surface area contributed by atoms with Gasteiger partial charge in [0.1, 0.15) is 9.77 Å². The van der Waals surface area contributed by atoms with E-state index >= 15 is 0 Å². The molecule has 0 aromatic carbocycles. The first-order valence-corrected chi connectivity index (χ1v) is 9.28. The van der Waals surface area contributed by atoms with Crippen molar-refractivity contribution in [3.63, 3.8) is 0 Å². The van der Waals surface area contributed by atoms with Crippen molar-refractivity contribution in [1.29, 1.82) is 0 Å². The maximum atomic E-state index is 12.7. The molecular formula is C12H16BrNO5S2. The lowest BCUT2D eigenvalue weighted by Gasteiger charge is -2.40. The fraction of sp³-hybridized carbons (Fsp3) is 0.583. The molecule has 0 spiro atoms. The van der Waals surface area contributed by atoms with Crippen LogP contribution in [0, 0.1) is 0 Å². The van der Waals surface area contributed by atoms with E-state index < -0.39 is 21.6 Å². The summed E-state index contributed by atoms with van der Waals surface area (Å²) in [5, 5.41) is 8.98. The molecule has 1 aromatic rings. The van der Waals surface area contributed by atoms with Gasteiger partial charge in [0.05, 0.1) is 15.5 Å². The molecule has 9 heteroatoms. The van der Waals surface area contributed by atoms with E-state index in [1.807, 2.05) is 20.8 Å². The van der Waals surface area contributed by atoms with Gasteiger partial charge in [0.25, 0.3) is 0 Å². The molecule has 0 radical (unpaired) electrons. The highest BCUT2D eigenvalue weighted by atomic mass is 79.9. The van der Waals surface area contributed by atoms with Gasteiger partial charge in [-0.25, -0.2) is 13.2 Å². The summed E-state index contributed by atoms with van der Waals surface area (Å²) in [6.45, 7) is 5.95. The SMILES string of the molecule is CC1CN(S(=O)(=O)c2cc(C(=O)O)sc2Br)CC(C)(C)O1. The van der Waals surface area contributed by atoms with Crippen LogP contribution in [0.5, 0.6) is 0 Å². The van der Waals surface area contributed by atoms with E-state index in [2.05, 4.69) is 15.9 Å². The number of rotatable bonds is 3. The monoisotopic (exact) mass is 397 g/mol. The van der Waals surface area contributed by atoms with E-state index in [0.717, 1.165) is 11.3 Å². The van der Waals surface area contributed by atoms with Gasteiger partial charge in [-0.1, -0.05) is 0 Å². The maximum Gasteiger partial charge on any atom is 0.345 e. The Bertz CT molecular complexity index is 667. The fourth-order valence-electron chi connectivity index (χ4n) is 2.35. The second-order valence-electron chi connectivity index (χ2n) is 5.54. The summed E-state index contributed by atoms with van der Waals surface area (Å²) in [5.41, 5.74) is -0.580. The van der Waals surface area contributed by atoms with Crippen LogP contribution in [0.4, 0.5) is 0 Å². The Morgan fingerprint density at radius 3 is 2.67 bits per heavy atom. The minimum absolute atomic E-state index is 0.00481. The van der Waals surface area contributed by atoms with Crippen LogP contribution in [0.15, 0.2) is 14.7 Å². The Labute approximate surface area is 135 Å². The lowest BCUT2D eigenvalue weighted by atomic mass is 10.1. The third-order valence-electron chi connectivity index (χ3n) is 3.02. The molecule has 1 N–H and O–H groups in total. The highest BCUT2D eigenvalue weighted by molar-refractivity contribution is 9.11. The highest BCUT2D eigenvalue weighted by Gasteiger charge is 2.39. The van der Waals surface area contributed by atoms with Crippen molar-refractivity contribution in [1.82, 2.24) is 4.31 Å². The number of carboxylic acid groups (broad SMARTS) is 1. The molecule has 0 bridgehead atoms. The van der Waals surface area contributed by atoms with Crippen LogP contribution in [-0.4, -0.2) is 48.6 Å². The lowest BCUT2D eigenvalue weighted by Crippen LogP contribution is -2.53. The molecule has 6 nitrogen and oxygen atoms in total. The van der Waals surface area contributed by atoms with Gasteiger partial charge in [-0.2, -0.15) is 4.31 Å². The van der Waals surface area contributed by atoms with Crippen LogP contribution >= 0.6 is 27.3 Å². The number of hydrogen-bond donors (Lipinski definition) is 1. The summed E-state index contributed by atoms with van der Waals surface area (Å²) < 4.78 is 32.8. The van der Waals surface area contributed by atoms with Crippen molar-refractivity contribution < 1.29 is 23.1 Å². The molecule has 0 aliphatic carbocycles. The van der Waals surface area contributed by atoms with E-state index in [-0.39, 0.29) is 29.0 Å². The molecule has 2 rings (SSSR count). The van der Waals surface area contributed by atoms with Crippen LogP contribution in [-0.2, 0) is 14.8 Å². The average Bonchev–Trinajstić information content (AvgIpc) is 2.69. The van der Waals surface area contributed by atoms with Crippen molar-refractivity contribution in [3.05, 3.63) is 14.7 Å². The number of aromatic carboxylic acids is 1. The molecule has 1 saturated heterocycles. The first kappa shape index (κ1) is 16.9. The second-order valence-corrected chi connectivity index (χ2v) is 9.82. The standard InChI is InChI=1S/C12H16BrNO5S2/c1-7-5-14(6-12(2,3)19-7)21(17,18)9-4-8(11(15)16)20-10(9)13/h4,7H,5-6H2,1-3H3,(H,15,16). The Morgan fingerprint density at radius 1 is 1.57 bits per heavy atom. The molecule has 1 aromatic heterocycles. The van der Waals surface area contributed by atoms with Crippen molar-refractivity contribution in [3.8, 4) is 0 Å². The van der Waals surface area contributed by atoms with Crippen LogP contribution < -0.4 is 0 Å². The molecule has 1 aliphatic rings. The number of ether oxygens (including phenoxy) is 1.